The van der Waals surface area contributed by atoms with Crippen LogP contribution in [-0.2, 0) is 16.0 Å². The minimum absolute atomic E-state index is 0.0794. The summed E-state index contributed by atoms with van der Waals surface area (Å²) in [5, 5.41) is 0. The van der Waals surface area contributed by atoms with Crippen molar-refractivity contribution in [2.45, 2.75) is 25.9 Å². The van der Waals surface area contributed by atoms with Crippen molar-refractivity contribution in [1.82, 2.24) is 9.97 Å². The predicted molar refractivity (Wildman–Crippen MR) is 60.8 cm³/mol. The topological polar surface area (TPSA) is 61.3 Å². The summed E-state index contributed by atoms with van der Waals surface area (Å²) in [7, 11) is 1.54. The fourth-order valence-corrected chi connectivity index (χ4v) is 1.97. The molecule has 0 N–H and O–H groups in total. The number of rotatable bonds is 4. The van der Waals surface area contributed by atoms with E-state index >= 15 is 0 Å². The van der Waals surface area contributed by atoms with Gasteiger partial charge in [0.1, 0.15) is 12.4 Å². The SMILES string of the molecule is COc1cc(CC(=O)C2OCCC2C)ncn1. The van der Waals surface area contributed by atoms with Crippen molar-refractivity contribution in [1.29, 1.82) is 0 Å². The van der Waals surface area contributed by atoms with E-state index in [9.17, 15) is 4.79 Å². The third-order valence-electron chi connectivity index (χ3n) is 2.97. The molecule has 92 valence electrons. The van der Waals surface area contributed by atoms with Crippen molar-refractivity contribution < 1.29 is 14.3 Å². The Labute approximate surface area is 100 Å². The Morgan fingerprint density at radius 3 is 3.06 bits per heavy atom. The number of nitrogens with zero attached hydrogens (tertiary/aromatic N) is 2. The van der Waals surface area contributed by atoms with E-state index in [0.717, 1.165) is 6.42 Å². The Hall–Kier alpha value is -1.49. The first-order valence-electron chi connectivity index (χ1n) is 5.70. The number of carbonyl (C=O) groups excluding carboxylic acids is 1. The van der Waals surface area contributed by atoms with E-state index < -0.39 is 0 Å². The zero-order chi connectivity index (χ0) is 12.3. The maximum absolute atomic E-state index is 12.0. The molecule has 5 heteroatoms. The second-order valence-corrected chi connectivity index (χ2v) is 4.25. The minimum Gasteiger partial charge on any atom is -0.481 e. The van der Waals surface area contributed by atoms with Gasteiger partial charge in [0.2, 0.25) is 5.88 Å². The minimum atomic E-state index is -0.282. The van der Waals surface area contributed by atoms with E-state index in [1.54, 1.807) is 6.07 Å². The highest BCUT2D eigenvalue weighted by Gasteiger charge is 2.30. The summed E-state index contributed by atoms with van der Waals surface area (Å²) in [6, 6.07) is 1.68. The average molecular weight is 236 g/mol. The van der Waals surface area contributed by atoms with Crippen LogP contribution in [0, 0.1) is 5.92 Å². The molecule has 1 aliphatic rings. The van der Waals surface area contributed by atoms with E-state index in [2.05, 4.69) is 9.97 Å². The first-order valence-corrected chi connectivity index (χ1v) is 5.70. The van der Waals surface area contributed by atoms with Crippen LogP contribution < -0.4 is 4.74 Å². The molecule has 0 aromatic carbocycles. The summed E-state index contributed by atoms with van der Waals surface area (Å²) >= 11 is 0. The molecule has 2 heterocycles. The van der Waals surface area contributed by atoms with Crippen molar-refractivity contribution in [3.8, 4) is 5.88 Å². The van der Waals surface area contributed by atoms with Gasteiger partial charge >= 0.3 is 0 Å². The van der Waals surface area contributed by atoms with Crippen LogP contribution in [0.3, 0.4) is 0 Å². The van der Waals surface area contributed by atoms with E-state index in [1.807, 2.05) is 6.92 Å². The van der Waals surface area contributed by atoms with Gasteiger partial charge in [-0.05, 0) is 12.3 Å². The van der Waals surface area contributed by atoms with E-state index in [0.29, 0.717) is 24.1 Å². The molecule has 2 unspecified atom stereocenters. The standard InChI is InChI=1S/C12H16N2O3/c1-8-3-4-17-12(8)10(15)5-9-6-11(16-2)14-7-13-9/h6-8,12H,3-5H2,1-2H3. The molecule has 1 saturated heterocycles. The summed E-state index contributed by atoms with van der Waals surface area (Å²) in [5.74, 6) is 0.852. The molecule has 1 aliphatic heterocycles. The van der Waals surface area contributed by atoms with Crippen molar-refractivity contribution in [3.05, 3.63) is 18.1 Å². The molecule has 0 aliphatic carbocycles. The van der Waals surface area contributed by atoms with E-state index in [-0.39, 0.29) is 18.3 Å². The number of carbonyl (C=O) groups is 1. The quantitative estimate of drug-likeness (QED) is 0.781. The van der Waals surface area contributed by atoms with Gasteiger partial charge in [0.05, 0.1) is 19.2 Å². The number of Topliss-reactive ketones (excluding diaryl/α,β-unsaturated/α-hetero) is 1. The Balaban J connectivity index is 2.02. The molecular weight excluding hydrogens is 220 g/mol. The summed E-state index contributed by atoms with van der Waals surface area (Å²) in [4.78, 5) is 20.0. The molecule has 5 nitrogen and oxygen atoms in total. The normalized spacial score (nSPS) is 23.6. The molecule has 2 rings (SSSR count). The second kappa shape index (κ2) is 5.23. The fourth-order valence-electron chi connectivity index (χ4n) is 1.97. The van der Waals surface area contributed by atoms with Gasteiger partial charge in [-0.25, -0.2) is 9.97 Å². The highest BCUT2D eigenvalue weighted by atomic mass is 16.5. The Morgan fingerprint density at radius 2 is 2.41 bits per heavy atom. The maximum atomic E-state index is 12.0. The number of ether oxygens (including phenoxy) is 2. The highest BCUT2D eigenvalue weighted by molar-refractivity contribution is 5.85. The van der Waals surface area contributed by atoms with E-state index in [1.165, 1.54) is 13.4 Å². The second-order valence-electron chi connectivity index (χ2n) is 4.25. The Bertz CT molecular complexity index is 408. The monoisotopic (exact) mass is 236 g/mol. The van der Waals surface area contributed by atoms with Crippen LogP contribution in [0.5, 0.6) is 5.88 Å². The number of methoxy groups -OCH3 is 1. The fraction of sp³-hybridized carbons (Fsp3) is 0.583. The first kappa shape index (κ1) is 12.0. The van der Waals surface area contributed by atoms with Gasteiger partial charge in [0, 0.05) is 12.7 Å². The zero-order valence-electron chi connectivity index (χ0n) is 10.0. The molecule has 1 aromatic rings. The van der Waals surface area contributed by atoms with Gasteiger partial charge in [-0.2, -0.15) is 0 Å². The van der Waals surface area contributed by atoms with Crippen molar-refractivity contribution in [2.75, 3.05) is 13.7 Å². The maximum Gasteiger partial charge on any atom is 0.216 e. The molecule has 0 saturated carbocycles. The molecule has 0 radical (unpaired) electrons. The van der Waals surface area contributed by atoms with Crippen LogP contribution >= 0.6 is 0 Å². The zero-order valence-corrected chi connectivity index (χ0v) is 10.0. The van der Waals surface area contributed by atoms with Gasteiger partial charge in [0.25, 0.3) is 0 Å². The third kappa shape index (κ3) is 2.79. The molecular formula is C12H16N2O3. The van der Waals surface area contributed by atoms with Gasteiger partial charge in [0.15, 0.2) is 5.78 Å². The predicted octanol–water partition coefficient (Wildman–Crippen LogP) is 1.02. The molecule has 0 spiro atoms. The van der Waals surface area contributed by atoms with Crippen LogP contribution in [0.4, 0.5) is 0 Å². The van der Waals surface area contributed by atoms with Crippen molar-refractivity contribution in [2.24, 2.45) is 5.92 Å². The molecule has 0 amide bonds. The smallest absolute Gasteiger partial charge is 0.216 e. The Kier molecular flexibility index (Phi) is 3.68. The molecule has 1 fully saturated rings. The van der Waals surface area contributed by atoms with Crippen LogP contribution in [0.1, 0.15) is 19.0 Å². The largest absolute Gasteiger partial charge is 0.481 e. The lowest BCUT2D eigenvalue weighted by atomic mass is 9.98. The lowest BCUT2D eigenvalue weighted by molar-refractivity contribution is -0.128. The molecule has 17 heavy (non-hydrogen) atoms. The van der Waals surface area contributed by atoms with Crippen LogP contribution in [0.25, 0.3) is 0 Å². The summed E-state index contributed by atoms with van der Waals surface area (Å²) in [6.07, 6.45) is 2.34. The van der Waals surface area contributed by atoms with Crippen LogP contribution in [-0.4, -0.2) is 35.6 Å². The molecule has 1 aromatic heterocycles. The van der Waals surface area contributed by atoms with Gasteiger partial charge in [-0.3, -0.25) is 4.79 Å². The number of hydrogen-bond acceptors (Lipinski definition) is 5. The lowest BCUT2D eigenvalue weighted by Crippen LogP contribution is -2.27. The average Bonchev–Trinajstić information content (AvgIpc) is 2.76. The number of ketones is 1. The van der Waals surface area contributed by atoms with E-state index in [4.69, 9.17) is 9.47 Å². The van der Waals surface area contributed by atoms with Crippen molar-refractivity contribution >= 4 is 5.78 Å². The number of hydrogen-bond donors (Lipinski definition) is 0. The van der Waals surface area contributed by atoms with Crippen LogP contribution in [0.15, 0.2) is 12.4 Å². The number of aromatic nitrogens is 2. The van der Waals surface area contributed by atoms with Crippen LogP contribution in [0.2, 0.25) is 0 Å². The summed E-state index contributed by atoms with van der Waals surface area (Å²) in [5.41, 5.74) is 0.671. The van der Waals surface area contributed by atoms with Gasteiger partial charge in [-0.1, -0.05) is 6.92 Å². The van der Waals surface area contributed by atoms with Gasteiger partial charge < -0.3 is 9.47 Å². The summed E-state index contributed by atoms with van der Waals surface area (Å²) in [6.45, 7) is 2.71. The highest BCUT2D eigenvalue weighted by Crippen LogP contribution is 2.22. The third-order valence-corrected chi connectivity index (χ3v) is 2.97. The molecule has 0 bridgehead atoms. The van der Waals surface area contributed by atoms with Gasteiger partial charge in [-0.15, -0.1) is 0 Å². The lowest BCUT2D eigenvalue weighted by Gasteiger charge is -2.12. The molecule has 2 atom stereocenters. The van der Waals surface area contributed by atoms with Crippen molar-refractivity contribution in [3.63, 3.8) is 0 Å². The first-order chi connectivity index (χ1) is 8.20. The summed E-state index contributed by atoms with van der Waals surface area (Å²) < 4.78 is 10.4. The Morgan fingerprint density at radius 1 is 1.59 bits per heavy atom.